The Morgan fingerprint density at radius 1 is 1.08 bits per heavy atom. The van der Waals surface area contributed by atoms with Gasteiger partial charge in [-0.05, 0) is 36.1 Å². The summed E-state index contributed by atoms with van der Waals surface area (Å²) >= 11 is 6.02. The van der Waals surface area contributed by atoms with Crippen LogP contribution in [0, 0.1) is 0 Å². The Morgan fingerprint density at radius 2 is 1.77 bits per heavy atom. The second-order valence-corrected chi connectivity index (χ2v) is 6.60. The van der Waals surface area contributed by atoms with E-state index in [1.54, 1.807) is 24.1 Å². The number of carbonyl (C=O) groups excluding carboxylic acids is 2. The fraction of sp³-hybridized carbons (Fsp3) is 0.333. The smallest absolute Gasteiger partial charge is 0.242 e. The van der Waals surface area contributed by atoms with Crippen LogP contribution in [0.3, 0.4) is 0 Å². The summed E-state index contributed by atoms with van der Waals surface area (Å²) in [5, 5.41) is 3.27. The maximum absolute atomic E-state index is 13.0. The maximum Gasteiger partial charge on any atom is 0.242 e. The Bertz CT molecular complexity index is 734. The highest BCUT2D eigenvalue weighted by Crippen LogP contribution is 2.15. The summed E-state index contributed by atoms with van der Waals surface area (Å²) in [4.78, 5) is 26.9. The van der Waals surface area contributed by atoms with Crippen LogP contribution >= 0.6 is 11.6 Å². The molecule has 0 aliphatic carbocycles. The van der Waals surface area contributed by atoms with Crippen LogP contribution < -0.4 is 5.32 Å². The fourth-order valence-electron chi connectivity index (χ4n) is 2.99. The molecule has 0 heterocycles. The van der Waals surface area contributed by atoms with Gasteiger partial charge in [-0.25, -0.2) is 0 Å². The number of likely N-dealkylation sites (N-methyl/N-ethyl adjacent to an activating group) is 1. The van der Waals surface area contributed by atoms with Gasteiger partial charge >= 0.3 is 0 Å². The lowest BCUT2D eigenvalue weighted by atomic mass is 10.1. The van der Waals surface area contributed by atoms with E-state index in [-0.39, 0.29) is 18.2 Å². The van der Waals surface area contributed by atoms with Crippen LogP contribution in [-0.4, -0.2) is 36.3 Å². The number of halogens is 1. The van der Waals surface area contributed by atoms with Gasteiger partial charge in [0.05, 0.1) is 6.42 Å². The van der Waals surface area contributed by atoms with Crippen molar-refractivity contribution in [1.82, 2.24) is 10.2 Å². The molecule has 1 unspecified atom stereocenters. The second-order valence-electron chi connectivity index (χ2n) is 6.17. The topological polar surface area (TPSA) is 49.4 Å². The number of hydrogen-bond donors (Lipinski definition) is 1. The van der Waals surface area contributed by atoms with Crippen LogP contribution in [0.25, 0.3) is 0 Å². The molecule has 0 spiro atoms. The molecular weight excluding hydrogens is 348 g/mol. The number of amides is 2. The molecule has 0 bridgehead atoms. The summed E-state index contributed by atoms with van der Waals surface area (Å²) in [7, 11) is 1.60. The molecule has 2 aromatic carbocycles. The Morgan fingerprint density at radius 3 is 2.38 bits per heavy atom. The van der Waals surface area contributed by atoms with Gasteiger partial charge in [-0.1, -0.05) is 61.0 Å². The van der Waals surface area contributed by atoms with Crippen molar-refractivity contribution in [2.45, 2.75) is 32.2 Å². The molecule has 1 atom stereocenters. The van der Waals surface area contributed by atoms with Crippen LogP contribution in [0.15, 0.2) is 54.6 Å². The van der Waals surface area contributed by atoms with Gasteiger partial charge in [0.2, 0.25) is 11.8 Å². The Labute approximate surface area is 160 Å². The highest BCUT2D eigenvalue weighted by atomic mass is 35.5. The van der Waals surface area contributed by atoms with Gasteiger partial charge in [0, 0.05) is 18.6 Å². The molecule has 138 valence electrons. The van der Waals surface area contributed by atoms with E-state index in [4.69, 9.17) is 11.6 Å². The zero-order chi connectivity index (χ0) is 18.9. The molecule has 1 N–H and O–H groups in total. The minimum absolute atomic E-state index is 0.0707. The molecule has 0 aromatic heterocycles. The Kier molecular flexibility index (Phi) is 7.67. The molecule has 26 heavy (non-hydrogen) atoms. The summed E-state index contributed by atoms with van der Waals surface area (Å²) in [6.45, 7) is 2.41. The first-order chi connectivity index (χ1) is 12.5. The van der Waals surface area contributed by atoms with E-state index in [2.05, 4.69) is 5.32 Å². The average molecular weight is 373 g/mol. The summed E-state index contributed by atoms with van der Waals surface area (Å²) in [6, 6.07) is 16.8. The van der Waals surface area contributed by atoms with E-state index in [1.165, 1.54) is 0 Å². The average Bonchev–Trinajstić information content (AvgIpc) is 2.65. The molecule has 0 aliphatic heterocycles. The molecule has 0 radical (unpaired) electrons. The second kappa shape index (κ2) is 9.97. The fourth-order valence-corrected chi connectivity index (χ4v) is 3.20. The van der Waals surface area contributed by atoms with Gasteiger partial charge in [-0.3, -0.25) is 9.59 Å². The van der Waals surface area contributed by atoms with Gasteiger partial charge < -0.3 is 10.2 Å². The van der Waals surface area contributed by atoms with E-state index >= 15 is 0 Å². The molecule has 5 heteroatoms. The number of rotatable bonds is 8. The predicted octanol–water partition coefficient (Wildman–Crippen LogP) is 3.48. The van der Waals surface area contributed by atoms with Crippen molar-refractivity contribution < 1.29 is 9.59 Å². The Hall–Kier alpha value is -2.33. The van der Waals surface area contributed by atoms with Gasteiger partial charge in [0.1, 0.15) is 6.04 Å². The van der Waals surface area contributed by atoms with Crippen molar-refractivity contribution in [3.8, 4) is 0 Å². The first-order valence-electron chi connectivity index (χ1n) is 8.84. The number of nitrogens with zero attached hydrogens (tertiary/aromatic N) is 1. The van der Waals surface area contributed by atoms with Crippen molar-refractivity contribution >= 4 is 23.4 Å². The van der Waals surface area contributed by atoms with E-state index in [0.717, 1.165) is 11.1 Å². The largest absolute Gasteiger partial charge is 0.357 e. The quantitative estimate of drug-likeness (QED) is 0.771. The molecule has 4 nitrogen and oxygen atoms in total. The molecule has 0 aliphatic rings. The first-order valence-corrected chi connectivity index (χ1v) is 9.22. The molecule has 2 rings (SSSR count). The van der Waals surface area contributed by atoms with E-state index in [1.807, 2.05) is 49.4 Å². The molecule has 0 fully saturated rings. The highest BCUT2D eigenvalue weighted by Gasteiger charge is 2.27. The van der Waals surface area contributed by atoms with E-state index < -0.39 is 6.04 Å². The zero-order valence-corrected chi connectivity index (χ0v) is 16.0. The van der Waals surface area contributed by atoms with E-state index in [9.17, 15) is 9.59 Å². The first kappa shape index (κ1) is 20.0. The van der Waals surface area contributed by atoms with Crippen molar-refractivity contribution in [3.05, 3.63) is 70.7 Å². The summed E-state index contributed by atoms with van der Waals surface area (Å²) < 4.78 is 0. The third-order valence-electron chi connectivity index (χ3n) is 4.36. The van der Waals surface area contributed by atoms with E-state index in [0.29, 0.717) is 24.4 Å². The maximum atomic E-state index is 13.0. The third kappa shape index (κ3) is 5.60. The minimum Gasteiger partial charge on any atom is -0.357 e. The molecule has 2 aromatic rings. The van der Waals surface area contributed by atoms with Gasteiger partial charge in [-0.15, -0.1) is 0 Å². The van der Waals surface area contributed by atoms with Crippen LogP contribution in [0.1, 0.15) is 24.5 Å². The highest BCUT2D eigenvalue weighted by molar-refractivity contribution is 6.30. The number of benzene rings is 2. The number of nitrogens with one attached hydrogen (secondary N) is 1. The normalized spacial score (nSPS) is 11.7. The molecular formula is C21H25ClN2O2. The molecule has 0 saturated heterocycles. The van der Waals surface area contributed by atoms with Gasteiger partial charge in [0.25, 0.3) is 0 Å². The summed E-state index contributed by atoms with van der Waals surface area (Å²) in [5.41, 5.74) is 1.98. The number of hydrogen-bond acceptors (Lipinski definition) is 2. The predicted molar refractivity (Wildman–Crippen MR) is 105 cm³/mol. The van der Waals surface area contributed by atoms with Gasteiger partial charge in [-0.2, -0.15) is 0 Å². The monoisotopic (exact) mass is 372 g/mol. The van der Waals surface area contributed by atoms with Crippen molar-refractivity contribution in [2.75, 3.05) is 13.6 Å². The summed E-state index contributed by atoms with van der Waals surface area (Å²) in [5.74, 6) is -0.210. The van der Waals surface area contributed by atoms with Crippen LogP contribution in [-0.2, 0) is 22.4 Å². The standard InChI is InChI=1S/C21H25ClN2O2/c1-3-19(21(26)23-2)24(13-12-16-8-5-4-6-9-16)20(25)15-17-10-7-11-18(22)14-17/h4-11,14,19H,3,12-13,15H2,1-2H3,(H,23,26). The third-order valence-corrected chi connectivity index (χ3v) is 4.60. The lowest BCUT2D eigenvalue weighted by molar-refractivity contribution is -0.140. The number of carbonyl (C=O) groups is 2. The minimum atomic E-state index is -0.476. The van der Waals surface area contributed by atoms with Gasteiger partial charge in [0.15, 0.2) is 0 Å². The van der Waals surface area contributed by atoms with Crippen molar-refractivity contribution in [1.29, 1.82) is 0 Å². The van der Waals surface area contributed by atoms with Crippen LogP contribution in [0.4, 0.5) is 0 Å². The van der Waals surface area contributed by atoms with Crippen molar-refractivity contribution in [3.63, 3.8) is 0 Å². The summed E-state index contributed by atoms with van der Waals surface area (Å²) in [6.07, 6.45) is 1.49. The Balaban J connectivity index is 2.17. The SMILES string of the molecule is CCC(C(=O)NC)N(CCc1ccccc1)C(=O)Cc1cccc(Cl)c1. The molecule has 2 amide bonds. The van der Waals surface area contributed by atoms with Crippen molar-refractivity contribution in [2.24, 2.45) is 0 Å². The van der Waals surface area contributed by atoms with Crippen LogP contribution in [0.2, 0.25) is 5.02 Å². The van der Waals surface area contributed by atoms with Crippen LogP contribution in [0.5, 0.6) is 0 Å². The lowest BCUT2D eigenvalue weighted by Gasteiger charge is -2.30. The lowest BCUT2D eigenvalue weighted by Crippen LogP contribution is -2.49. The molecule has 0 saturated carbocycles. The zero-order valence-electron chi connectivity index (χ0n) is 15.2.